The number of aryl methyl sites for hydroxylation is 1. The second-order valence-corrected chi connectivity index (χ2v) is 15.0. The summed E-state index contributed by atoms with van der Waals surface area (Å²) in [6.45, 7) is 16.3. The topological polar surface area (TPSA) is 13.1 Å². The maximum atomic E-state index is 6.11. The molecule has 0 radical (unpaired) electrons. The maximum Gasteiger partial charge on any atom is 0.130 e. The van der Waals surface area contributed by atoms with E-state index in [9.17, 15) is 0 Å². The monoisotopic (exact) mass is 402 g/mol. The standard InChI is InChI=1S/C27H34OSi/c1-17-15-18(2)21(20(17)4)12-13-23-22-9-8-10-27(29(5,6)7)25(22)16-24(23)26-14-11-19(3)28-26/h8-11,14-16,20,23H,12-13H2,1-7H3. The predicted octanol–water partition coefficient (Wildman–Crippen LogP) is 7.46. The minimum atomic E-state index is -1.42. The molecule has 1 heterocycles. The molecule has 29 heavy (non-hydrogen) atoms. The molecular formula is C27H34OSi. The van der Waals surface area contributed by atoms with Crippen LogP contribution in [0.5, 0.6) is 0 Å². The molecular weight excluding hydrogens is 368 g/mol. The van der Waals surface area contributed by atoms with E-state index in [1.807, 2.05) is 6.92 Å². The van der Waals surface area contributed by atoms with Crippen molar-refractivity contribution >= 4 is 24.9 Å². The Labute approximate surface area is 177 Å². The van der Waals surface area contributed by atoms with E-state index < -0.39 is 8.07 Å². The van der Waals surface area contributed by atoms with Crippen molar-refractivity contribution in [1.82, 2.24) is 0 Å². The summed E-state index contributed by atoms with van der Waals surface area (Å²) in [5, 5.41) is 1.57. The summed E-state index contributed by atoms with van der Waals surface area (Å²) >= 11 is 0. The number of furan rings is 1. The van der Waals surface area contributed by atoms with E-state index in [2.05, 4.69) is 82.9 Å². The van der Waals surface area contributed by atoms with Gasteiger partial charge < -0.3 is 4.42 Å². The van der Waals surface area contributed by atoms with Crippen molar-refractivity contribution in [3.63, 3.8) is 0 Å². The van der Waals surface area contributed by atoms with Crippen LogP contribution in [-0.4, -0.2) is 8.07 Å². The van der Waals surface area contributed by atoms with Crippen LogP contribution in [0.4, 0.5) is 0 Å². The van der Waals surface area contributed by atoms with Gasteiger partial charge in [-0.1, -0.05) is 72.7 Å². The molecule has 2 atom stereocenters. The highest BCUT2D eigenvalue weighted by Gasteiger charge is 2.33. The molecule has 2 unspecified atom stereocenters. The number of allylic oxidation sites excluding steroid dienone is 5. The summed E-state index contributed by atoms with van der Waals surface area (Å²) in [4.78, 5) is 0. The summed E-state index contributed by atoms with van der Waals surface area (Å²) < 4.78 is 6.11. The zero-order valence-electron chi connectivity index (χ0n) is 19.0. The fourth-order valence-electron chi connectivity index (χ4n) is 5.16. The number of benzene rings is 1. The first-order valence-electron chi connectivity index (χ1n) is 11.0. The largest absolute Gasteiger partial charge is 0.462 e. The smallest absolute Gasteiger partial charge is 0.130 e. The highest BCUT2D eigenvalue weighted by molar-refractivity contribution is 6.89. The van der Waals surface area contributed by atoms with Crippen LogP contribution in [0.1, 0.15) is 62.2 Å². The number of hydrogen-bond donors (Lipinski definition) is 0. The van der Waals surface area contributed by atoms with Crippen molar-refractivity contribution in [3.8, 4) is 0 Å². The number of hydrogen-bond acceptors (Lipinski definition) is 1. The average Bonchev–Trinajstić information content (AvgIpc) is 3.29. The number of fused-ring (bicyclic) bond motifs is 1. The molecule has 0 N–H and O–H groups in total. The summed E-state index contributed by atoms with van der Waals surface area (Å²) in [5.41, 5.74) is 8.94. The van der Waals surface area contributed by atoms with E-state index >= 15 is 0 Å². The Kier molecular flexibility index (Phi) is 5.10. The van der Waals surface area contributed by atoms with Gasteiger partial charge in [0.25, 0.3) is 0 Å². The van der Waals surface area contributed by atoms with Gasteiger partial charge in [0.1, 0.15) is 11.5 Å². The van der Waals surface area contributed by atoms with Gasteiger partial charge in [-0.3, -0.25) is 0 Å². The molecule has 0 bridgehead atoms. The second-order valence-electron chi connectivity index (χ2n) is 9.98. The molecule has 2 aliphatic rings. The minimum Gasteiger partial charge on any atom is -0.462 e. The molecule has 1 aromatic heterocycles. The molecule has 1 aromatic carbocycles. The zero-order chi connectivity index (χ0) is 20.9. The second kappa shape index (κ2) is 7.32. The van der Waals surface area contributed by atoms with Crippen LogP contribution in [0, 0.1) is 12.8 Å². The molecule has 0 fully saturated rings. The van der Waals surface area contributed by atoms with Crippen LogP contribution in [0.2, 0.25) is 19.6 Å². The molecule has 2 aliphatic carbocycles. The fraction of sp³-hybridized carbons (Fsp3) is 0.407. The van der Waals surface area contributed by atoms with Crippen LogP contribution >= 0.6 is 0 Å². The first kappa shape index (κ1) is 20.2. The van der Waals surface area contributed by atoms with Gasteiger partial charge >= 0.3 is 0 Å². The van der Waals surface area contributed by atoms with E-state index in [1.54, 1.807) is 10.8 Å². The molecule has 0 spiro atoms. The van der Waals surface area contributed by atoms with Crippen molar-refractivity contribution in [2.45, 2.75) is 66.1 Å². The van der Waals surface area contributed by atoms with E-state index in [4.69, 9.17) is 4.42 Å². The first-order valence-corrected chi connectivity index (χ1v) is 14.5. The van der Waals surface area contributed by atoms with Crippen LogP contribution in [0.3, 0.4) is 0 Å². The molecule has 0 amide bonds. The van der Waals surface area contributed by atoms with Gasteiger partial charge in [-0.05, 0) is 68.9 Å². The van der Waals surface area contributed by atoms with Gasteiger partial charge in [-0.2, -0.15) is 0 Å². The predicted molar refractivity (Wildman–Crippen MR) is 128 cm³/mol. The van der Waals surface area contributed by atoms with Crippen molar-refractivity contribution in [3.05, 3.63) is 75.8 Å². The Morgan fingerprint density at radius 2 is 1.72 bits per heavy atom. The van der Waals surface area contributed by atoms with Gasteiger partial charge in [-0.25, -0.2) is 0 Å². The molecule has 0 aliphatic heterocycles. The highest BCUT2D eigenvalue weighted by Crippen LogP contribution is 2.46. The zero-order valence-corrected chi connectivity index (χ0v) is 20.0. The van der Waals surface area contributed by atoms with Crippen LogP contribution < -0.4 is 5.19 Å². The van der Waals surface area contributed by atoms with E-state index in [1.165, 1.54) is 27.8 Å². The first-order chi connectivity index (χ1) is 13.7. The molecule has 4 rings (SSSR count). The summed E-state index contributed by atoms with van der Waals surface area (Å²) in [7, 11) is -1.42. The fourth-order valence-corrected chi connectivity index (χ4v) is 6.78. The van der Waals surface area contributed by atoms with Gasteiger partial charge in [-0.15, -0.1) is 0 Å². The quantitative estimate of drug-likeness (QED) is 0.473. The van der Waals surface area contributed by atoms with Crippen molar-refractivity contribution in [2.75, 3.05) is 0 Å². The van der Waals surface area contributed by atoms with Crippen molar-refractivity contribution in [2.24, 2.45) is 5.92 Å². The Balaban J connectivity index is 1.72. The molecule has 2 aromatic rings. The Bertz CT molecular complexity index is 1040. The Morgan fingerprint density at radius 3 is 2.31 bits per heavy atom. The summed E-state index contributed by atoms with van der Waals surface area (Å²) in [5.74, 6) is 3.04. The van der Waals surface area contributed by atoms with Gasteiger partial charge in [0, 0.05) is 11.5 Å². The lowest BCUT2D eigenvalue weighted by molar-refractivity contribution is 0.515. The molecule has 1 nitrogen and oxygen atoms in total. The van der Waals surface area contributed by atoms with Crippen LogP contribution in [0.15, 0.2) is 57.5 Å². The lowest BCUT2D eigenvalue weighted by Crippen LogP contribution is -2.39. The van der Waals surface area contributed by atoms with Crippen LogP contribution in [-0.2, 0) is 0 Å². The maximum absolute atomic E-state index is 6.11. The number of rotatable bonds is 5. The van der Waals surface area contributed by atoms with Gasteiger partial charge in [0.15, 0.2) is 0 Å². The lowest BCUT2D eigenvalue weighted by Gasteiger charge is -2.22. The van der Waals surface area contributed by atoms with Crippen molar-refractivity contribution < 1.29 is 4.42 Å². The summed E-state index contributed by atoms with van der Waals surface area (Å²) in [6.07, 6.45) is 7.11. The van der Waals surface area contributed by atoms with E-state index in [0.717, 1.165) is 24.4 Å². The lowest BCUT2D eigenvalue weighted by atomic mass is 9.85. The molecule has 0 saturated carbocycles. The third-order valence-electron chi connectivity index (χ3n) is 6.88. The highest BCUT2D eigenvalue weighted by atomic mass is 28.3. The molecule has 152 valence electrons. The summed E-state index contributed by atoms with van der Waals surface area (Å²) in [6, 6.07) is 11.2. The van der Waals surface area contributed by atoms with E-state index in [0.29, 0.717) is 11.8 Å². The third kappa shape index (κ3) is 3.64. The molecule has 0 saturated heterocycles. The Hall–Kier alpha value is -2.06. The Morgan fingerprint density at radius 1 is 0.966 bits per heavy atom. The molecule has 2 heteroatoms. The minimum absolute atomic E-state index is 0.417. The SMILES string of the molecule is CC1=CC(C)=C(CCC2C(c3ccc(C)o3)=Cc3c2cccc3[Si](C)(C)C)C1C. The van der Waals surface area contributed by atoms with Crippen molar-refractivity contribution in [1.29, 1.82) is 0 Å². The van der Waals surface area contributed by atoms with Crippen LogP contribution in [0.25, 0.3) is 11.6 Å². The van der Waals surface area contributed by atoms with E-state index in [-0.39, 0.29) is 0 Å². The normalized spacial score (nSPS) is 21.5. The van der Waals surface area contributed by atoms with Gasteiger partial charge in [0.2, 0.25) is 0 Å². The third-order valence-corrected chi connectivity index (χ3v) is 8.93. The average molecular weight is 403 g/mol. The van der Waals surface area contributed by atoms with Gasteiger partial charge in [0.05, 0.1) is 8.07 Å².